The van der Waals surface area contributed by atoms with Crippen LogP contribution in [0.15, 0.2) is 53.3 Å². The van der Waals surface area contributed by atoms with E-state index in [2.05, 4.69) is 22.5 Å². The van der Waals surface area contributed by atoms with Gasteiger partial charge in [-0.25, -0.2) is 4.68 Å². The molecular weight excluding hydrogens is 326 g/mol. The Hall–Kier alpha value is -2.95. The Labute approximate surface area is 151 Å². The van der Waals surface area contributed by atoms with E-state index in [0.717, 1.165) is 24.6 Å². The van der Waals surface area contributed by atoms with Crippen LogP contribution >= 0.6 is 0 Å². The highest BCUT2D eigenvalue weighted by molar-refractivity contribution is 5.88. The molecular formula is C21H21N3O2. The quantitative estimate of drug-likeness (QED) is 0.792. The first-order valence-electron chi connectivity index (χ1n) is 8.95. The molecule has 26 heavy (non-hydrogen) atoms. The number of hydrogen-bond donors (Lipinski definition) is 1. The highest BCUT2D eigenvalue weighted by atomic mass is 16.1. The van der Waals surface area contributed by atoms with Crippen molar-refractivity contribution in [3.63, 3.8) is 0 Å². The topological polar surface area (TPSA) is 64.0 Å². The molecule has 0 bridgehead atoms. The lowest BCUT2D eigenvalue weighted by atomic mass is 9.87. The van der Waals surface area contributed by atoms with E-state index in [-0.39, 0.29) is 23.9 Å². The van der Waals surface area contributed by atoms with Gasteiger partial charge in [0.15, 0.2) is 0 Å². The molecule has 0 spiro atoms. The zero-order valence-electron chi connectivity index (χ0n) is 14.7. The number of hydrogen-bond acceptors (Lipinski definition) is 3. The first-order chi connectivity index (χ1) is 12.6. The standard InChI is InChI=1S/C21H21N3O2/c1-24-21(26)17-11-5-4-10-16(17)19(23-24)13-20(25)22-18-12-6-8-14-7-2-3-9-15(14)18/h2-5,7,9-11,18H,6,8,12-13H2,1H3,(H,22,25). The summed E-state index contributed by atoms with van der Waals surface area (Å²) in [6, 6.07) is 15.7. The molecule has 0 fully saturated rings. The molecule has 1 unspecified atom stereocenters. The molecule has 1 aromatic heterocycles. The van der Waals surface area contributed by atoms with E-state index in [1.54, 1.807) is 13.1 Å². The van der Waals surface area contributed by atoms with Crippen molar-refractivity contribution in [1.29, 1.82) is 0 Å². The van der Waals surface area contributed by atoms with Crippen molar-refractivity contribution in [2.45, 2.75) is 31.7 Å². The molecule has 1 N–H and O–H groups in total. The van der Waals surface area contributed by atoms with Gasteiger partial charge in [-0.05, 0) is 36.5 Å². The SMILES string of the molecule is Cn1nc(CC(=O)NC2CCCc3ccccc32)c2ccccc2c1=O. The number of aromatic nitrogens is 2. The second-order valence-corrected chi connectivity index (χ2v) is 6.81. The van der Waals surface area contributed by atoms with Gasteiger partial charge in [0.05, 0.1) is 23.5 Å². The predicted molar refractivity (Wildman–Crippen MR) is 101 cm³/mol. The summed E-state index contributed by atoms with van der Waals surface area (Å²) < 4.78 is 1.31. The van der Waals surface area contributed by atoms with Gasteiger partial charge >= 0.3 is 0 Å². The van der Waals surface area contributed by atoms with Crippen LogP contribution in [0, 0.1) is 0 Å². The number of fused-ring (bicyclic) bond motifs is 2. The van der Waals surface area contributed by atoms with Gasteiger partial charge in [0, 0.05) is 12.4 Å². The third kappa shape index (κ3) is 3.01. The molecule has 0 saturated carbocycles. The minimum atomic E-state index is -0.147. The average Bonchev–Trinajstić information content (AvgIpc) is 2.66. The monoisotopic (exact) mass is 347 g/mol. The maximum absolute atomic E-state index is 12.7. The van der Waals surface area contributed by atoms with Crippen LogP contribution in [0.4, 0.5) is 0 Å². The number of carbonyl (C=O) groups is 1. The molecule has 1 aliphatic rings. The van der Waals surface area contributed by atoms with Gasteiger partial charge < -0.3 is 5.32 Å². The van der Waals surface area contributed by atoms with Crippen LogP contribution in [-0.2, 0) is 24.7 Å². The number of nitrogens with one attached hydrogen (secondary N) is 1. The third-order valence-electron chi connectivity index (χ3n) is 5.07. The van der Waals surface area contributed by atoms with Crippen molar-refractivity contribution >= 4 is 16.7 Å². The van der Waals surface area contributed by atoms with E-state index >= 15 is 0 Å². The largest absolute Gasteiger partial charge is 0.349 e. The van der Waals surface area contributed by atoms with Gasteiger partial charge in [-0.3, -0.25) is 9.59 Å². The zero-order chi connectivity index (χ0) is 18.1. The fraction of sp³-hybridized carbons (Fsp3) is 0.286. The number of amides is 1. The molecule has 1 aliphatic carbocycles. The van der Waals surface area contributed by atoms with Gasteiger partial charge in [-0.2, -0.15) is 5.10 Å². The van der Waals surface area contributed by atoms with Crippen LogP contribution < -0.4 is 10.9 Å². The first-order valence-corrected chi connectivity index (χ1v) is 8.95. The summed E-state index contributed by atoms with van der Waals surface area (Å²) in [5.74, 6) is -0.0667. The minimum Gasteiger partial charge on any atom is -0.349 e. The second-order valence-electron chi connectivity index (χ2n) is 6.81. The van der Waals surface area contributed by atoms with Gasteiger partial charge in [0.2, 0.25) is 5.91 Å². The van der Waals surface area contributed by atoms with E-state index in [9.17, 15) is 9.59 Å². The van der Waals surface area contributed by atoms with Crippen LogP contribution in [0.3, 0.4) is 0 Å². The summed E-state index contributed by atoms with van der Waals surface area (Å²) in [4.78, 5) is 24.9. The van der Waals surface area contributed by atoms with Gasteiger partial charge in [0.1, 0.15) is 0 Å². The molecule has 5 nitrogen and oxygen atoms in total. The van der Waals surface area contributed by atoms with E-state index in [1.165, 1.54) is 15.8 Å². The summed E-state index contributed by atoms with van der Waals surface area (Å²) in [6.45, 7) is 0. The van der Waals surface area contributed by atoms with E-state index in [0.29, 0.717) is 11.1 Å². The van der Waals surface area contributed by atoms with Crippen molar-refractivity contribution in [2.75, 3.05) is 0 Å². The smallest absolute Gasteiger partial charge is 0.274 e. The minimum absolute atomic E-state index is 0.0474. The number of rotatable bonds is 3. The molecule has 0 saturated heterocycles. The van der Waals surface area contributed by atoms with Crippen LogP contribution in [-0.4, -0.2) is 15.7 Å². The van der Waals surface area contributed by atoms with Crippen molar-refractivity contribution in [1.82, 2.24) is 15.1 Å². The molecule has 1 atom stereocenters. The van der Waals surface area contributed by atoms with E-state index in [1.807, 2.05) is 30.3 Å². The normalized spacial score (nSPS) is 16.3. The molecule has 4 rings (SSSR count). The molecule has 0 radical (unpaired) electrons. The molecule has 1 heterocycles. The fourth-order valence-electron chi connectivity index (χ4n) is 3.81. The van der Waals surface area contributed by atoms with Crippen molar-refractivity contribution in [3.05, 3.63) is 75.7 Å². The molecule has 3 aromatic rings. The summed E-state index contributed by atoms with van der Waals surface area (Å²) in [7, 11) is 1.62. The Morgan fingerprint density at radius 3 is 2.73 bits per heavy atom. The lowest BCUT2D eigenvalue weighted by Gasteiger charge is -2.26. The third-order valence-corrected chi connectivity index (χ3v) is 5.07. The summed E-state index contributed by atoms with van der Waals surface area (Å²) in [5.41, 5.74) is 3.01. The Morgan fingerprint density at radius 1 is 1.15 bits per heavy atom. The Balaban J connectivity index is 1.60. The predicted octanol–water partition coefficient (Wildman–Crippen LogP) is 2.67. The molecule has 5 heteroatoms. The van der Waals surface area contributed by atoms with Crippen LogP contribution in [0.1, 0.15) is 35.7 Å². The Kier molecular flexibility index (Phi) is 4.29. The summed E-state index contributed by atoms with van der Waals surface area (Å²) in [5, 5.41) is 8.82. The first kappa shape index (κ1) is 16.5. The van der Waals surface area contributed by atoms with Gasteiger partial charge in [-0.15, -0.1) is 0 Å². The van der Waals surface area contributed by atoms with Crippen LogP contribution in [0.2, 0.25) is 0 Å². The maximum Gasteiger partial charge on any atom is 0.274 e. The van der Waals surface area contributed by atoms with Crippen molar-refractivity contribution in [2.24, 2.45) is 7.05 Å². The lowest BCUT2D eigenvalue weighted by Crippen LogP contribution is -2.33. The molecule has 2 aromatic carbocycles. The summed E-state index contributed by atoms with van der Waals surface area (Å²) in [6.07, 6.45) is 3.25. The van der Waals surface area contributed by atoms with Crippen molar-refractivity contribution in [3.8, 4) is 0 Å². The van der Waals surface area contributed by atoms with E-state index in [4.69, 9.17) is 0 Å². The zero-order valence-corrected chi connectivity index (χ0v) is 14.7. The van der Waals surface area contributed by atoms with E-state index < -0.39 is 0 Å². The number of aryl methyl sites for hydroxylation is 2. The average molecular weight is 347 g/mol. The summed E-state index contributed by atoms with van der Waals surface area (Å²) >= 11 is 0. The number of nitrogens with zero attached hydrogens (tertiary/aromatic N) is 2. The molecule has 132 valence electrons. The van der Waals surface area contributed by atoms with Crippen LogP contribution in [0.5, 0.6) is 0 Å². The second kappa shape index (κ2) is 6.75. The van der Waals surface area contributed by atoms with Crippen molar-refractivity contribution < 1.29 is 4.79 Å². The van der Waals surface area contributed by atoms with Gasteiger partial charge in [0.25, 0.3) is 5.56 Å². The molecule has 0 aliphatic heterocycles. The molecule has 1 amide bonds. The Bertz CT molecular complexity index is 1040. The highest BCUT2D eigenvalue weighted by Crippen LogP contribution is 2.29. The lowest BCUT2D eigenvalue weighted by molar-refractivity contribution is -0.121. The van der Waals surface area contributed by atoms with Gasteiger partial charge in [-0.1, -0.05) is 42.5 Å². The highest BCUT2D eigenvalue weighted by Gasteiger charge is 2.22. The number of benzene rings is 2. The Morgan fingerprint density at radius 2 is 1.88 bits per heavy atom. The van der Waals surface area contributed by atoms with Crippen LogP contribution in [0.25, 0.3) is 10.8 Å². The number of carbonyl (C=O) groups excluding carboxylic acids is 1. The fourth-order valence-corrected chi connectivity index (χ4v) is 3.81. The maximum atomic E-state index is 12.7.